The van der Waals surface area contributed by atoms with Crippen LogP contribution in [0.1, 0.15) is 54.7 Å². The Morgan fingerprint density at radius 3 is 2.61 bits per heavy atom. The summed E-state index contributed by atoms with van der Waals surface area (Å²) in [5.74, 6) is 1.22. The fraction of sp³-hybridized carbons (Fsp3) is 0.778. The molecule has 5 nitrogen and oxygen atoms in total. The van der Waals surface area contributed by atoms with E-state index in [1.54, 1.807) is 4.68 Å². The van der Waals surface area contributed by atoms with Gasteiger partial charge in [-0.2, -0.15) is 5.10 Å². The number of hydrogen-bond acceptors (Lipinski definition) is 3. The van der Waals surface area contributed by atoms with Crippen molar-refractivity contribution < 1.29 is 9.53 Å². The Bertz CT molecular complexity index is 509. The maximum absolute atomic E-state index is 13.0. The largest absolute Gasteiger partial charge is 0.381 e. The number of aromatic nitrogens is 2. The molecular formula is C18H29N3O2. The second kappa shape index (κ2) is 7.47. The average Bonchev–Trinajstić information content (AvgIpc) is 3.17. The van der Waals surface area contributed by atoms with Crippen molar-refractivity contribution in [1.82, 2.24) is 14.7 Å². The first kappa shape index (κ1) is 16.5. The molecule has 2 heterocycles. The molecule has 0 aromatic carbocycles. The molecule has 1 atom stereocenters. The van der Waals surface area contributed by atoms with Gasteiger partial charge in [0.1, 0.15) is 0 Å². The highest BCUT2D eigenvalue weighted by atomic mass is 16.5. The van der Waals surface area contributed by atoms with E-state index in [1.807, 2.05) is 20.0 Å². The number of nitrogens with zero attached hydrogens (tertiary/aromatic N) is 3. The van der Waals surface area contributed by atoms with Gasteiger partial charge in [-0.15, -0.1) is 0 Å². The fourth-order valence-electron chi connectivity index (χ4n) is 3.79. The number of carbonyl (C=O) groups excluding carboxylic acids is 1. The topological polar surface area (TPSA) is 47.4 Å². The minimum atomic E-state index is 0.0890. The Labute approximate surface area is 139 Å². The van der Waals surface area contributed by atoms with Crippen LogP contribution in [0.3, 0.4) is 0 Å². The Balaban J connectivity index is 1.70. The summed E-state index contributed by atoms with van der Waals surface area (Å²) in [6.07, 6.45) is 7.54. The van der Waals surface area contributed by atoms with E-state index in [0.29, 0.717) is 17.5 Å². The van der Waals surface area contributed by atoms with Crippen molar-refractivity contribution >= 4 is 5.91 Å². The number of hydrogen-bond donors (Lipinski definition) is 0. The molecule has 1 saturated carbocycles. The Morgan fingerprint density at radius 2 is 2.00 bits per heavy atom. The minimum Gasteiger partial charge on any atom is -0.381 e. The lowest BCUT2D eigenvalue weighted by Crippen LogP contribution is -2.39. The predicted octanol–water partition coefficient (Wildman–Crippen LogP) is 2.79. The number of amides is 1. The number of ether oxygens (including phenoxy) is 1. The number of rotatable bonds is 5. The van der Waals surface area contributed by atoms with Crippen LogP contribution in [0.5, 0.6) is 0 Å². The van der Waals surface area contributed by atoms with Gasteiger partial charge in [-0.25, -0.2) is 0 Å². The highest BCUT2D eigenvalue weighted by Crippen LogP contribution is 2.26. The third-order valence-electron chi connectivity index (χ3n) is 5.33. The van der Waals surface area contributed by atoms with E-state index in [9.17, 15) is 4.79 Å². The molecule has 0 N–H and O–H groups in total. The van der Waals surface area contributed by atoms with E-state index in [0.717, 1.165) is 38.4 Å². The van der Waals surface area contributed by atoms with Gasteiger partial charge in [0.15, 0.2) is 5.69 Å². The van der Waals surface area contributed by atoms with Crippen LogP contribution < -0.4 is 0 Å². The summed E-state index contributed by atoms with van der Waals surface area (Å²) < 4.78 is 7.28. The smallest absolute Gasteiger partial charge is 0.274 e. The molecule has 1 amide bonds. The molecule has 23 heavy (non-hydrogen) atoms. The van der Waals surface area contributed by atoms with Crippen LogP contribution in [0.4, 0.5) is 0 Å². The second-order valence-electron chi connectivity index (χ2n) is 7.24. The normalized spacial score (nSPS) is 22.4. The Morgan fingerprint density at radius 1 is 1.26 bits per heavy atom. The van der Waals surface area contributed by atoms with Gasteiger partial charge in [-0.3, -0.25) is 9.48 Å². The van der Waals surface area contributed by atoms with Gasteiger partial charge in [-0.05, 0) is 38.2 Å². The molecule has 0 spiro atoms. The maximum atomic E-state index is 13.0. The summed E-state index contributed by atoms with van der Waals surface area (Å²) in [4.78, 5) is 15.0. The summed E-state index contributed by atoms with van der Waals surface area (Å²) in [5, 5.41) is 4.39. The van der Waals surface area contributed by atoms with Gasteiger partial charge in [0.05, 0.1) is 6.61 Å². The van der Waals surface area contributed by atoms with Gasteiger partial charge in [0.2, 0.25) is 0 Å². The lowest BCUT2D eigenvalue weighted by atomic mass is 9.88. The zero-order valence-corrected chi connectivity index (χ0v) is 14.5. The number of carbonyl (C=O) groups is 1. The van der Waals surface area contributed by atoms with Gasteiger partial charge in [0, 0.05) is 38.4 Å². The van der Waals surface area contributed by atoms with Gasteiger partial charge in [-0.1, -0.05) is 19.3 Å². The van der Waals surface area contributed by atoms with Crippen molar-refractivity contribution in [1.29, 1.82) is 0 Å². The molecule has 2 aliphatic rings. The molecule has 1 aromatic rings. The molecule has 0 bridgehead atoms. The summed E-state index contributed by atoms with van der Waals surface area (Å²) in [6, 6.07) is 1.90. The molecule has 2 fully saturated rings. The van der Waals surface area contributed by atoms with E-state index in [4.69, 9.17) is 4.74 Å². The molecule has 0 unspecified atom stereocenters. The lowest BCUT2D eigenvalue weighted by molar-refractivity contribution is 0.0666. The molecule has 0 radical (unpaired) electrons. The van der Waals surface area contributed by atoms with Crippen molar-refractivity contribution in [2.75, 3.05) is 26.3 Å². The minimum absolute atomic E-state index is 0.0890. The summed E-state index contributed by atoms with van der Waals surface area (Å²) in [6.45, 7) is 5.30. The standard InChI is InChI=1S/C18H29N3O2/c1-14-10-17(19-20(14)2)18(22)21(12-16-8-9-23-13-16)11-15-6-4-3-5-7-15/h10,15-16H,3-9,11-13H2,1-2H3/t16-/m1/s1. The molecular weight excluding hydrogens is 290 g/mol. The molecule has 128 valence electrons. The first-order valence-corrected chi connectivity index (χ1v) is 9.01. The van der Waals surface area contributed by atoms with Crippen LogP contribution >= 0.6 is 0 Å². The first-order chi connectivity index (χ1) is 11.1. The predicted molar refractivity (Wildman–Crippen MR) is 89.3 cm³/mol. The van der Waals surface area contributed by atoms with Crippen molar-refractivity contribution in [3.05, 3.63) is 17.5 Å². The first-order valence-electron chi connectivity index (χ1n) is 9.01. The molecule has 5 heteroatoms. The summed E-state index contributed by atoms with van der Waals surface area (Å²) in [5.41, 5.74) is 1.61. The van der Waals surface area contributed by atoms with Gasteiger partial charge >= 0.3 is 0 Å². The maximum Gasteiger partial charge on any atom is 0.274 e. The molecule has 1 aromatic heterocycles. The van der Waals surface area contributed by atoms with Crippen LogP contribution in [0.25, 0.3) is 0 Å². The summed E-state index contributed by atoms with van der Waals surface area (Å²) in [7, 11) is 1.89. The Hall–Kier alpha value is -1.36. The zero-order valence-electron chi connectivity index (χ0n) is 14.5. The van der Waals surface area contributed by atoms with Crippen molar-refractivity contribution in [3.8, 4) is 0 Å². The van der Waals surface area contributed by atoms with Gasteiger partial charge < -0.3 is 9.64 Å². The van der Waals surface area contributed by atoms with Crippen LogP contribution in [0, 0.1) is 18.8 Å². The van der Waals surface area contributed by atoms with Crippen molar-refractivity contribution in [2.45, 2.75) is 45.4 Å². The number of aryl methyl sites for hydroxylation is 2. The zero-order chi connectivity index (χ0) is 16.2. The van der Waals surface area contributed by atoms with Crippen molar-refractivity contribution in [2.24, 2.45) is 18.9 Å². The quantitative estimate of drug-likeness (QED) is 0.838. The van der Waals surface area contributed by atoms with E-state index < -0.39 is 0 Å². The monoisotopic (exact) mass is 319 g/mol. The van der Waals surface area contributed by atoms with Crippen LogP contribution in [-0.4, -0.2) is 46.9 Å². The highest BCUT2D eigenvalue weighted by molar-refractivity contribution is 5.92. The van der Waals surface area contributed by atoms with E-state index in [1.165, 1.54) is 32.1 Å². The molecule has 1 aliphatic carbocycles. The van der Waals surface area contributed by atoms with Crippen molar-refractivity contribution in [3.63, 3.8) is 0 Å². The average molecular weight is 319 g/mol. The highest BCUT2D eigenvalue weighted by Gasteiger charge is 2.27. The Kier molecular flexibility index (Phi) is 5.36. The fourth-order valence-corrected chi connectivity index (χ4v) is 3.79. The van der Waals surface area contributed by atoms with Gasteiger partial charge in [0.25, 0.3) is 5.91 Å². The lowest BCUT2D eigenvalue weighted by Gasteiger charge is -2.31. The van der Waals surface area contributed by atoms with E-state index >= 15 is 0 Å². The SMILES string of the molecule is Cc1cc(C(=O)N(CC2CCCCC2)C[C@H]2CCOC2)nn1C. The molecule has 3 rings (SSSR count). The van der Waals surface area contributed by atoms with Crippen LogP contribution in [0.2, 0.25) is 0 Å². The van der Waals surface area contributed by atoms with E-state index in [2.05, 4.69) is 10.00 Å². The van der Waals surface area contributed by atoms with Crippen LogP contribution in [0.15, 0.2) is 6.07 Å². The second-order valence-corrected chi connectivity index (χ2v) is 7.24. The van der Waals surface area contributed by atoms with Crippen LogP contribution in [-0.2, 0) is 11.8 Å². The third-order valence-corrected chi connectivity index (χ3v) is 5.33. The summed E-state index contributed by atoms with van der Waals surface area (Å²) >= 11 is 0. The molecule has 1 saturated heterocycles. The van der Waals surface area contributed by atoms with E-state index in [-0.39, 0.29) is 5.91 Å². The molecule has 1 aliphatic heterocycles. The third kappa shape index (κ3) is 4.14.